The molecule has 100 valence electrons. The normalized spacial score (nSPS) is 10.6. The summed E-state index contributed by atoms with van der Waals surface area (Å²) in [6.07, 6.45) is 0.999. The summed E-state index contributed by atoms with van der Waals surface area (Å²) in [7, 11) is 1.67. The topological polar surface area (TPSA) is 35.5 Å². The number of hydrogen-bond acceptors (Lipinski definition) is 4. The number of benzene rings is 1. The summed E-state index contributed by atoms with van der Waals surface area (Å²) in [6.45, 7) is 3.64. The molecule has 0 radical (unpaired) electrons. The van der Waals surface area contributed by atoms with Gasteiger partial charge in [0.1, 0.15) is 0 Å². The zero-order chi connectivity index (χ0) is 13.2. The molecule has 0 aliphatic carbocycles. The second-order valence-corrected chi connectivity index (χ2v) is 5.06. The average Bonchev–Trinajstić information content (AvgIpc) is 2.38. The lowest BCUT2D eigenvalue weighted by molar-refractivity contribution is 0.0713. The molecule has 0 atom stereocenters. The van der Waals surface area contributed by atoms with Crippen LogP contribution in [0.1, 0.15) is 23.7 Å². The number of ether oxygens (including phenoxy) is 2. The first-order chi connectivity index (χ1) is 8.74. The highest BCUT2D eigenvalue weighted by molar-refractivity contribution is 7.99. The fraction of sp³-hybridized carbons (Fsp3) is 0.500. The largest absolute Gasteiger partial charge is 0.382 e. The van der Waals surface area contributed by atoms with Crippen LogP contribution in [0.5, 0.6) is 0 Å². The van der Waals surface area contributed by atoms with Crippen molar-refractivity contribution in [3.05, 3.63) is 29.8 Å². The Morgan fingerprint density at radius 1 is 1.28 bits per heavy atom. The molecule has 0 aliphatic rings. The molecule has 1 rings (SSSR count). The molecule has 0 unspecified atom stereocenters. The molecule has 0 N–H and O–H groups in total. The van der Waals surface area contributed by atoms with Gasteiger partial charge in [-0.25, -0.2) is 0 Å². The fourth-order valence-corrected chi connectivity index (χ4v) is 2.28. The quantitative estimate of drug-likeness (QED) is 0.392. The van der Waals surface area contributed by atoms with Crippen molar-refractivity contribution in [1.82, 2.24) is 0 Å². The van der Waals surface area contributed by atoms with Gasteiger partial charge in [0.25, 0.3) is 0 Å². The van der Waals surface area contributed by atoms with E-state index < -0.39 is 0 Å². The Kier molecular flexibility index (Phi) is 7.73. The van der Waals surface area contributed by atoms with Gasteiger partial charge in [0.05, 0.1) is 13.2 Å². The average molecular weight is 268 g/mol. The van der Waals surface area contributed by atoms with Crippen LogP contribution in [-0.2, 0) is 9.47 Å². The van der Waals surface area contributed by atoms with Crippen molar-refractivity contribution in [2.45, 2.75) is 18.2 Å². The number of rotatable bonds is 9. The van der Waals surface area contributed by atoms with E-state index in [9.17, 15) is 4.79 Å². The number of hydrogen-bond donors (Lipinski definition) is 0. The van der Waals surface area contributed by atoms with E-state index in [1.54, 1.807) is 25.8 Å². The fourth-order valence-electron chi connectivity index (χ4n) is 1.40. The molecule has 1 aromatic carbocycles. The van der Waals surface area contributed by atoms with Gasteiger partial charge in [-0.2, -0.15) is 0 Å². The van der Waals surface area contributed by atoms with Gasteiger partial charge in [-0.1, -0.05) is 12.1 Å². The zero-order valence-electron chi connectivity index (χ0n) is 11.0. The van der Waals surface area contributed by atoms with Crippen LogP contribution in [0.2, 0.25) is 0 Å². The molecule has 0 aliphatic heterocycles. The number of methoxy groups -OCH3 is 1. The third-order valence-corrected chi connectivity index (χ3v) is 3.45. The number of carbonyl (C=O) groups excluding carboxylic acids is 1. The predicted octanol–water partition coefficient (Wildman–Crippen LogP) is 3.03. The lowest BCUT2D eigenvalue weighted by Gasteiger charge is -2.04. The number of Topliss-reactive ketones (excluding diaryl/α,β-unsaturated/α-hetero) is 1. The van der Waals surface area contributed by atoms with Gasteiger partial charge in [-0.15, -0.1) is 11.8 Å². The molecule has 0 fully saturated rings. The zero-order valence-corrected chi connectivity index (χ0v) is 11.8. The van der Waals surface area contributed by atoms with Gasteiger partial charge >= 0.3 is 0 Å². The van der Waals surface area contributed by atoms with Gasteiger partial charge in [0.15, 0.2) is 5.78 Å². The molecular formula is C14H20O3S. The maximum atomic E-state index is 11.2. The van der Waals surface area contributed by atoms with E-state index in [0.717, 1.165) is 29.2 Å². The minimum absolute atomic E-state index is 0.111. The first kappa shape index (κ1) is 15.2. The SMILES string of the molecule is COCCOCCCSc1cccc(C(C)=O)c1. The Morgan fingerprint density at radius 3 is 2.83 bits per heavy atom. The molecule has 0 amide bonds. The first-order valence-corrected chi connectivity index (χ1v) is 7.03. The molecule has 0 heterocycles. The van der Waals surface area contributed by atoms with E-state index in [2.05, 4.69) is 0 Å². The van der Waals surface area contributed by atoms with Crippen molar-refractivity contribution in [2.24, 2.45) is 0 Å². The van der Waals surface area contributed by atoms with Crippen molar-refractivity contribution in [2.75, 3.05) is 32.7 Å². The van der Waals surface area contributed by atoms with Gasteiger partial charge in [0, 0.05) is 29.9 Å². The first-order valence-electron chi connectivity index (χ1n) is 6.04. The summed E-state index contributed by atoms with van der Waals surface area (Å²) in [6, 6.07) is 7.75. The highest BCUT2D eigenvalue weighted by atomic mass is 32.2. The molecule has 0 spiro atoms. The van der Waals surface area contributed by atoms with Gasteiger partial charge in [-0.05, 0) is 25.5 Å². The predicted molar refractivity (Wildman–Crippen MR) is 74.5 cm³/mol. The van der Waals surface area contributed by atoms with Crippen molar-refractivity contribution in [3.8, 4) is 0 Å². The van der Waals surface area contributed by atoms with E-state index in [1.165, 1.54) is 0 Å². The molecule has 3 nitrogen and oxygen atoms in total. The van der Waals surface area contributed by atoms with E-state index in [-0.39, 0.29) is 5.78 Å². The summed E-state index contributed by atoms with van der Waals surface area (Å²) in [5.41, 5.74) is 0.774. The summed E-state index contributed by atoms with van der Waals surface area (Å²) in [5, 5.41) is 0. The third-order valence-electron chi connectivity index (χ3n) is 2.37. The van der Waals surface area contributed by atoms with Crippen LogP contribution in [0, 0.1) is 0 Å². The molecule has 4 heteroatoms. The Hall–Kier alpha value is -0.840. The third kappa shape index (κ3) is 6.19. The Bertz CT molecular complexity index is 366. The van der Waals surface area contributed by atoms with Crippen LogP contribution < -0.4 is 0 Å². The van der Waals surface area contributed by atoms with Crippen LogP contribution in [0.15, 0.2) is 29.2 Å². The van der Waals surface area contributed by atoms with Crippen molar-refractivity contribution < 1.29 is 14.3 Å². The Balaban J connectivity index is 2.19. The Labute approximate surface area is 113 Å². The molecule has 18 heavy (non-hydrogen) atoms. The molecule has 0 aromatic heterocycles. The second kappa shape index (κ2) is 9.14. The monoisotopic (exact) mass is 268 g/mol. The van der Waals surface area contributed by atoms with Crippen LogP contribution in [0.4, 0.5) is 0 Å². The van der Waals surface area contributed by atoms with Crippen LogP contribution >= 0.6 is 11.8 Å². The van der Waals surface area contributed by atoms with Crippen molar-refractivity contribution in [1.29, 1.82) is 0 Å². The highest BCUT2D eigenvalue weighted by Crippen LogP contribution is 2.20. The number of carbonyl (C=O) groups is 1. The standard InChI is InChI=1S/C14H20O3S/c1-12(15)13-5-3-6-14(11-13)18-10-4-7-17-9-8-16-2/h3,5-6,11H,4,7-10H2,1-2H3. The maximum Gasteiger partial charge on any atom is 0.159 e. The van der Waals surface area contributed by atoms with Crippen LogP contribution in [0.3, 0.4) is 0 Å². The highest BCUT2D eigenvalue weighted by Gasteiger charge is 2.00. The van der Waals surface area contributed by atoms with Crippen molar-refractivity contribution in [3.63, 3.8) is 0 Å². The van der Waals surface area contributed by atoms with E-state index in [0.29, 0.717) is 13.2 Å². The number of ketones is 1. The lowest BCUT2D eigenvalue weighted by Crippen LogP contribution is -2.03. The van der Waals surface area contributed by atoms with Gasteiger partial charge in [-0.3, -0.25) is 4.79 Å². The minimum Gasteiger partial charge on any atom is -0.382 e. The van der Waals surface area contributed by atoms with Gasteiger partial charge < -0.3 is 9.47 Å². The van der Waals surface area contributed by atoms with Crippen molar-refractivity contribution >= 4 is 17.5 Å². The minimum atomic E-state index is 0.111. The molecule has 0 saturated carbocycles. The van der Waals surface area contributed by atoms with E-state index >= 15 is 0 Å². The summed E-state index contributed by atoms with van der Waals surface area (Å²) < 4.78 is 10.3. The Morgan fingerprint density at radius 2 is 2.11 bits per heavy atom. The van der Waals surface area contributed by atoms with Crippen LogP contribution in [0.25, 0.3) is 0 Å². The van der Waals surface area contributed by atoms with E-state index in [1.807, 2.05) is 24.3 Å². The summed E-state index contributed by atoms with van der Waals surface area (Å²) in [5.74, 6) is 1.11. The molecular weight excluding hydrogens is 248 g/mol. The second-order valence-electron chi connectivity index (χ2n) is 3.89. The smallest absolute Gasteiger partial charge is 0.159 e. The van der Waals surface area contributed by atoms with Crippen LogP contribution in [-0.4, -0.2) is 38.5 Å². The van der Waals surface area contributed by atoms with Gasteiger partial charge in [0.2, 0.25) is 0 Å². The number of thioether (sulfide) groups is 1. The lowest BCUT2D eigenvalue weighted by atomic mass is 10.2. The molecule has 0 saturated heterocycles. The summed E-state index contributed by atoms with van der Waals surface area (Å²) >= 11 is 1.75. The molecule has 0 bridgehead atoms. The maximum absolute atomic E-state index is 11.2. The molecule has 1 aromatic rings. The van der Waals surface area contributed by atoms with E-state index in [4.69, 9.17) is 9.47 Å². The summed E-state index contributed by atoms with van der Waals surface area (Å²) in [4.78, 5) is 12.4.